The Hall–Kier alpha value is -0.570. The molecule has 0 radical (unpaired) electrons. The SMILES string of the molecule is C=C1CC(CCC2CCC3/C(=C/Br)CCCC23C)OC1=O.CC.CC. The molecule has 0 aromatic heterocycles. The van der Waals surface area contributed by atoms with Crippen LogP contribution >= 0.6 is 15.9 Å². The van der Waals surface area contributed by atoms with Crippen molar-refractivity contribution in [1.82, 2.24) is 0 Å². The number of cyclic esters (lactones) is 1. The zero-order valence-electron chi connectivity index (χ0n) is 16.9. The number of hydrogen-bond acceptors (Lipinski definition) is 2. The number of carbonyl (C=O) groups is 1. The zero-order chi connectivity index (χ0) is 19.0. The van der Waals surface area contributed by atoms with Gasteiger partial charge < -0.3 is 4.74 Å². The Bertz CT molecular complexity index is 466. The van der Waals surface area contributed by atoms with E-state index in [-0.39, 0.29) is 12.1 Å². The third kappa shape index (κ3) is 4.99. The molecule has 0 amide bonds. The molecular weight excluding hydrogens is 376 g/mol. The molecule has 1 aliphatic heterocycles. The van der Waals surface area contributed by atoms with Crippen LogP contribution in [0, 0.1) is 17.3 Å². The van der Waals surface area contributed by atoms with E-state index in [1.807, 2.05) is 27.7 Å². The topological polar surface area (TPSA) is 26.3 Å². The summed E-state index contributed by atoms with van der Waals surface area (Å²) in [7, 11) is 0. The van der Waals surface area contributed by atoms with E-state index in [1.54, 1.807) is 5.57 Å². The number of fused-ring (bicyclic) bond motifs is 1. The van der Waals surface area contributed by atoms with Gasteiger partial charge in [-0.15, -0.1) is 0 Å². The fourth-order valence-electron chi connectivity index (χ4n) is 4.93. The van der Waals surface area contributed by atoms with Crippen LogP contribution in [0.1, 0.15) is 86.0 Å². The number of esters is 1. The summed E-state index contributed by atoms with van der Waals surface area (Å²) in [5, 5.41) is 0. The molecule has 4 atom stereocenters. The van der Waals surface area contributed by atoms with Crippen LogP contribution in [0.25, 0.3) is 0 Å². The molecule has 0 aromatic rings. The molecule has 4 unspecified atom stereocenters. The molecule has 3 rings (SSSR count). The number of hydrogen-bond donors (Lipinski definition) is 0. The van der Waals surface area contributed by atoms with Gasteiger partial charge in [-0.25, -0.2) is 4.79 Å². The summed E-state index contributed by atoms with van der Waals surface area (Å²) in [4.78, 5) is 13.6. The van der Waals surface area contributed by atoms with Crippen LogP contribution in [0.3, 0.4) is 0 Å². The second-order valence-corrected chi connectivity index (χ2v) is 7.74. The normalized spacial score (nSPS) is 35.3. The molecule has 1 saturated heterocycles. The van der Waals surface area contributed by atoms with Crippen LogP contribution in [0.2, 0.25) is 0 Å². The summed E-state index contributed by atoms with van der Waals surface area (Å²) in [6, 6.07) is 0. The molecule has 2 aliphatic carbocycles. The van der Waals surface area contributed by atoms with Gasteiger partial charge in [-0.1, -0.05) is 62.7 Å². The van der Waals surface area contributed by atoms with Gasteiger partial charge in [0.15, 0.2) is 0 Å². The van der Waals surface area contributed by atoms with E-state index in [4.69, 9.17) is 4.74 Å². The molecule has 3 heteroatoms. The van der Waals surface area contributed by atoms with Crippen LogP contribution in [-0.2, 0) is 9.53 Å². The molecule has 2 nitrogen and oxygen atoms in total. The number of carbonyl (C=O) groups excluding carboxylic acids is 1. The van der Waals surface area contributed by atoms with Gasteiger partial charge in [0.05, 0.1) is 0 Å². The Morgan fingerprint density at radius 1 is 1.24 bits per heavy atom. The second-order valence-electron chi connectivity index (χ2n) is 7.28. The standard InChI is InChI=1S/C18H25BrO2.2C2H6/c1-12-10-15(21-17(12)20)7-5-14-6-8-16-13(11-19)4-3-9-18(14,16)2;2*1-2/h11,14-16H,1,3-10H2,2H3;2*1-2H3/b13-11+;;. The molecule has 3 aliphatic rings. The highest BCUT2D eigenvalue weighted by atomic mass is 79.9. The second kappa shape index (κ2) is 10.5. The molecule has 2 saturated carbocycles. The molecule has 144 valence electrons. The maximum Gasteiger partial charge on any atom is 0.333 e. The zero-order valence-corrected chi connectivity index (χ0v) is 18.5. The number of allylic oxidation sites excluding steroid dienone is 1. The summed E-state index contributed by atoms with van der Waals surface area (Å²) < 4.78 is 5.39. The smallest absolute Gasteiger partial charge is 0.333 e. The molecule has 0 spiro atoms. The first-order chi connectivity index (χ1) is 12.0. The first kappa shape index (κ1) is 22.5. The molecule has 25 heavy (non-hydrogen) atoms. The lowest BCUT2D eigenvalue weighted by Crippen LogP contribution is -2.33. The monoisotopic (exact) mass is 412 g/mol. The summed E-state index contributed by atoms with van der Waals surface area (Å²) >= 11 is 3.57. The molecule has 3 fully saturated rings. The highest BCUT2D eigenvalue weighted by Crippen LogP contribution is 2.58. The summed E-state index contributed by atoms with van der Waals surface area (Å²) in [5.74, 6) is 1.35. The Labute approximate surface area is 163 Å². The maximum atomic E-state index is 11.4. The van der Waals surface area contributed by atoms with E-state index in [1.165, 1.54) is 38.5 Å². The van der Waals surface area contributed by atoms with Gasteiger partial charge in [-0.2, -0.15) is 0 Å². The average molecular weight is 413 g/mol. The van der Waals surface area contributed by atoms with Gasteiger partial charge >= 0.3 is 5.97 Å². The third-order valence-electron chi connectivity index (χ3n) is 6.17. The van der Waals surface area contributed by atoms with E-state index < -0.39 is 0 Å². The van der Waals surface area contributed by atoms with Gasteiger partial charge in [0.2, 0.25) is 0 Å². The van der Waals surface area contributed by atoms with Gasteiger partial charge in [-0.05, 0) is 67.2 Å². The predicted molar refractivity (Wildman–Crippen MR) is 111 cm³/mol. The molecule has 1 heterocycles. The molecule has 0 aromatic carbocycles. The van der Waals surface area contributed by atoms with Gasteiger partial charge in [0.1, 0.15) is 6.10 Å². The summed E-state index contributed by atoms with van der Waals surface area (Å²) in [5.41, 5.74) is 2.72. The van der Waals surface area contributed by atoms with Crippen molar-refractivity contribution in [2.75, 3.05) is 0 Å². The van der Waals surface area contributed by atoms with E-state index in [0.717, 1.165) is 24.7 Å². The van der Waals surface area contributed by atoms with Crippen LogP contribution in [-0.4, -0.2) is 12.1 Å². The maximum absolute atomic E-state index is 11.4. The van der Waals surface area contributed by atoms with Crippen molar-refractivity contribution in [1.29, 1.82) is 0 Å². The minimum absolute atomic E-state index is 0.0856. The van der Waals surface area contributed by atoms with E-state index in [2.05, 4.69) is 34.4 Å². The number of rotatable bonds is 3. The average Bonchev–Trinajstić information content (AvgIpc) is 3.15. The van der Waals surface area contributed by atoms with Crippen LogP contribution in [0.15, 0.2) is 22.7 Å². The van der Waals surface area contributed by atoms with Crippen molar-refractivity contribution in [3.05, 3.63) is 22.7 Å². The predicted octanol–water partition coefficient (Wildman–Crippen LogP) is 7.19. The van der Waals surface area contributed by atoms with Gasteiger partial charge in [0.25, 0.3) is 0 Å². The Morgan fingerprint density at radius 3 is 2.48 bits per heavy atom. The van der Waals surface area contributed by atoms with Crippen LogP contribution < -0.4 is 0 Å². The summed E-state index contributed by atoms with van der Waals surface area (Å²) in [6.07, 6.45) is 9.60. The lowest BCUT2D eigenvalue weighted by Gasteiger charge is -2.42. The van der Waals surface area contributed by atoms with Gasteiger partial charge in [0, 0.05) is 12.0 Å². The lowest BCUT2D eigenvalue weighted by atomic mass is 9.63. The number of halogens is 1. The fourth-order valence-corrected chi connectivity index (χ4v) is 5.48. The Balaban J connectivity index is 0.000000730. The van der Waals surface area contributed by atoms with E-state index in [9.17, 15) is 4.79 Å². The Kier molecular flexibility index (Phi) is 9.48. The highest BCUT2D eigenvalue weighted by Gasteiger charge is 2.49. The van der Waals surface area contributed by atoms with Crippen molar-refractivity contribution in [3.63, 3.8) is 0 Å². The van der Waals surface area contributed by atoms with Crippen molar-refractivity contribution in [3.8, 4) is 0 Å². The molecular formula is C22H37BrO2. The Morgan fingerprint density at radius 2 is 1.92 bits per heavy atom. The third-order valence-corrected chi connectivity index (χ3v) is 6.76. The first-order valence-corrected chi connectivity index (χ1v) is 11.1. The van der Waals surface area contributed by atoms with Crippen molar-refractivity contribution in [2.45, 2.75) is 92.1 Å². The van der Waals surface area contributed by atoms with Crippen molar-refractivity contribution < 1.29 is 9.53 Å². The first-order valence-electron chi connectivity index (χ1n) is 10.2. The molecule has 0 bridgehead atoms. The van der Waals surface area contributed by atoms with Crippen molar-refractivity contribution in [2.24, 2.45) is 17.3 Å². The highest BCUT2D eigenvalue weighted by molar-refractivity contribution is 9.11. The van der Waals surface area contributed by atoms with Crippen LogP contribution in [0.4, 0.5) is 0 Å². The molecule has 0 N–H and O–H groups in total. The number of ether oxygens (including phenoxy) is 1. The summed E-state index contributed by atoms with van der Waals surface area (Å²) in [6.45, 7) is 14.3. The van der Waals surface area contributed by atoms with E-state index >= 15 is 0 Å². The van der Waals surface area contributed by atoms with E-state index in [0.29, 0.717) is 11.0 Å². The lowest BCUT2D eigenvalue weighted by molar-refractivity contribution is -0.139. The minimum Gasteiger partial charge on any atom is -0.459 e. The quantitative estimate of drug-likeness (QED) is 0.362. The fraction of sp³-hybridized carbons (Fsp3) is 0.773. The van der Waals surface area contributed by atoms with Gasteiger partial charge in [-0.3, -0.25) is 0 Å². The minimum atomic E-state index is -0.183. The largest absolute Gasteiger partial charge is 0.459 e. The van der Waals surface area contributed by atoms with Crippen molar-refractivity contribution >= 4 is 21.9 Å². The van der Waals surface area contributed by atoms with Crippen LogP contribution in [0.5, 0.6) is 0 Å².